The van der Waals surface area contributed by atoms with Crippen LogP contribution in [0.15, 0.2) is 65.7 Å². The van der Waals surface area contributed by atoms with Crippen molar-refractivity contribution >= 4 is 43.9 Å². The van der Waals surface area contributed by atoms with E-state index >= 15 is 0 Å². The van der Waals surface area contributed by atoms with Gasteiger partial charge in [-0.15, -0.1) is 0 Å². The molecule has 3 rings (SSSR count). The molecule has 0 unspecified atom stereocenters. The molecular weight excluding hydrogens is 442 g/mol. The van der Waals surface area contributed by atoms with Crippen LogP contribution < -0.4 is 9.60 Å². The SMILES string of the molecule is NS(=O)(=O)c1ccc(-c2ncc(C[Se]c3ccccc3)[se]2)cc1. The summed E-state index contributed by atoms with van der Waals surface area (Å²) in [7, 11) is -3.64. The Bertz CT molecular complexity index is 891. The average Bonchev–Trinajstić information content (AvgIpc) is 3.02. The Morgan fingerprint density at radius 1 is 1.04 bits per heavy atom. The first-order valence-corrected chi connectivity index (χ1v) is 12.1. The molecule has 0 saturated carbocycles. The topological polar surface area (TPSA) is 73.1 Å². The Hall–Kier alpha value is -1.20. The van der Waals surface area contributed by atoms with E-state index in [2.05, 4.69) is 29.2 Å². The van der Waals surface area contributed by atoms with Crippen molar-refractivity contribution in [3.05, 3.63) is 65.2 Å². The van der Waals surface area contributed by atoms with E-state index in [1.165, 1.54) is 21.0 Å². The van der Waals surface area contributed by atoms with Gasteiger partial charge >= 0.3 is 148 Å². The minimum atomic E-state index is -3.64. The summed E-state index contributed by atoms with van der Waals surface area (Å²) < 4.78 is 26.4. The van der Waals surface area contributed by atoms with E-state index in [9.17, 15) is 8.42 Å². The monoisotopic (exact) mass is 458 g/mol. The van der Waals surface area contributed by atoms with Gasteiger partial charge in [-0.25, -0.2) is 0 Å². The van der Waals surface area contributed by atoms with Crippen LogP contribution in [0.25, 0.3) is 10.1 Å². The van der Waals surface area contributed by atoms with Gasteiger partial charge in [-0.1, -0.05) is 0 Å². The predicted octanol–water partition coefficient (Wildman–Crippen LogP) is 0.983. The molecule has 2 aromatic carbocycles. The number of nitrogens with two attached hydrogens (primary N) is 1. The van der Waals surface area contributed by atoms with Crippen LogP contribution in [-0.2, 0) is 15.3 Å². The Labute approximate surface area is 147 Å². The summed E-state index contributed by atoms with van der Waals surface area (Å²) in [5.41, 5.74) is 0.968. The van der Waals surface area contributed by atoms with Crippen molar-refractivity contribution < 1.29 is 8.42 Å². The number of rotatable bonds is 5. The second kappa shape index (κ2) is 7.14. The molecule has 0 amide bonds. The van der Waals surface area contributed by atoms with E-state index in [0.29, 0.717) is 15.0 Å². The molecule has 1 aromatic heterocycles. The Morgan fingerprint density at radius 2 is 1.74 bits per heavy atom. The third kappa shape index (κ3) is 4.42. The van der Waals surface area contributed by atoms with Crippen LogP contribution in [0.4, 0.5) is 0 Å². The number of hydrogen-bond donors (Lipinski definition) is 1. The molecule has 0 aliphatic carbocycles. The number of primary sulfonamides is 1. The zero-order valence-corrected chi connectivity index (χ0v) is 16.3. The predicted molar refractivity (Wildman–Crippen MR) is 93.5 cm³/mol. The number of benzene rings is 2. The van der Waals surface area contributed by atoms with Gasteiger partial charge in [-0.2, -0.15) is 0 Å². The molecule has 0 bridgehead atoms. The van der Waals surface area contributed by atoms with Crippen LogP contribution in [0, 0.1) is 0 Å². The van der Waals surface area contributed by atoms with Crippen LogP contribution in [0.5, 0.6) is 0 Å². The third-order valence-corrected chi connectivity index (χ3v) is 9.38. The van der Waals surface area contributed by atoms with E-state index in [4.69, 9.17) is 5.14 Å². The third-order valence-electron chi connectivity index (χ3n) is 3.11. The summed E-state index contributed by atoms with van der Waals surface area (Å²) in [6, 6.07) is 17.1. The fourth-order valence-electron chi connectivity index (χ4n) is 1.97. The first-order valence-electron chi connectivity index (χ1n) is 6.78. The summed E-state index contributed by atoms with van der Waals surface area (Å²) in [6.45, 7) is 0. The van der Waals surface area contributed by atoms with Crippen molar-refractivity contribution in [2.24, 2.45) is 5.14 Å². The Kier molecular flexibility index (Phi) is 5.17. The van der Waals surface area contributed by atoms with Crippen LogP contribution in [0.3, 0.4) is 0 Å². The average molecular weight is 456 g/mol. The first kappa shape index (κ1) is 16.6. The minimum absolute atomic E-state index is 0.132. The van der Waals surface area contributed by atoms with Crippen molar-refractivity contribution in [1.29, 1.82) is 0 Å². The number of sulfonamides is 1. The van der Waals surface area contributed by atoms with Crippen LogP contribution in [0.1, 0.15) is 4.44 Å². The molecule has 2 N–H and O–H groups in total. The van der Waals surface area contributed by atoms with Gasteiger partial charge < -0.3 is 0 Å². The van der Waals surface area contributed by atoms with Crippen molar-refractivity contribution in [1.82, 2.24) is 4.98 Å². The van der Waals surface area contributed by atoms with Gasteiger partial charge in [-0.3, -0.25) is 0 Å². The normalized spacial score (nSPS) is 11.5. The molecule has 0 aliphatic heterocycles. The van der Waals surface area contributed by atoms with E-state index in [0.717, 1.165) is 15.5 Å². The molecule has 0 fully saturated rings. The number of aromatic nitrogens is 1. The molecule has 0 aliphatic rings. The van der Waals surface area contributed by atoms with Crippen molar-refractivity contribution in [3.8, 4) is 10.1 Å². The number of hydrogen-bond acceptors (Lipinski definition) is 3. The molecule has 7 heteroatoms. The van der Waals surface area contributed by atoms with E-state index in [1.807, 2.05) is 12.3 Å². The molecule has 0 radical (unpaired) electrons. The van der Waals surface area contributed by atoms with Crippen LogP contribution >= 0.6 is 0 Å². The molecule has 118 valence electrons. The summed E-state index contributed by atoms with van der Waals surface area (Å²) in [4.78, 5) is 4.64. The molecule has 0 spiro atoms. The maximum atomic E-state index is 11.3. The molecule has 1 heterocycles. The molecule has 3 aromatic rings. The van der Waals surface area contributed by atoms with Crippen molar-refractivity contribution in [2.45, 2.75) is 10.2 Å². The summed E-state index contributed by atoms with van der Waals surface area (Å²) in [5, 5.41) is 6.18. The quantitative estimate of drug-likeness (QED) is 0.582. The van der Waals surface area contributed by atoms with Crippen molar-refractivity contribution in [2.75, 3.05) is 0 Å². The van der Waals surface area contributed by atoms with Gasteiger partial charge in [0.15, 0.2) is 0 Å². The summed E-state index contributed by atoms with van der Waals surface area (Å²) in [5.74, 6) is 0. The molecular formula is C16H14N2O2SSe2. The zero-order valence-electron chi connectivity index (χ0n) is 12.0. The summed E-state index contributed by atoms with van der Waals surface area (Å²) in [6.07, 6.45) is 1.97. The van der Waals surface area contributed by atoms with Crippen LogP contribution in [0.2, 0.25) is 0 Å². The fourth-order valence-corrected chi connectivity index (χ4v) is 6.92. The van der Waals surface area contributed by atoms with Gasteiger partial charge in [0.2, 0.25) is 0 Å². The second-order valence-corrected chi connectivity index (χ2v) is 10.9. The van der Waals surface area contributed by atoms with E-state index in [1.54, 1.807) is 12.1 Å². The molecule has 0 atom stereocenters. The van der Waals surface area contributed by atoms with Crippen LogP contribution in [-0.4, -0.2) is 42.9 Å². The maximum absolute atomic E-state index is 11.3. The van der Waals surface area contributed by atoms with Gasteiger partial charge in [0, 0.05) is 0 Å². The second-order valence-electron chi connectivity index (χ2n) is 4.80. The standard InChI is InChI=1S/C16H14N2O2SSe2/c17-21(19,20)13-8-6-12(7-9-13)16-18-10-15(23-16)11-22-14-4-2-1-3-5-14/h1-10H,11H2,(H2,17,19,20). The Morgan fingerprint density at radius 3 is 2.39 bits per heavy atom. The first-order chi connectivity index (χ1) is 11.0. The van der Waals surface area contributed by atoms with Gasteiger partial charge in [0.1, 0.15) is 0 Å². The molecule has 4 nitrogen and oxygen atoms in total. The van der Waals surface area contributed by atoms with Gasteiger partial charge in [-0.05, 0) is 0 Å². The Balaban J connectivity index is 1.71. The van der Waals surface area contributed by atoms with E-state index < -0.39 is 10.0 Å². The fraction of sp³-hybridized carbons (Fsp3) is 0.0625. The van der Waals surface area contributed by atoms with Crippen molar-refractivity contribution in [3.63, 3.8) is 0 Å². The molecule has 0 saturated heterocycles. The zero-order chi connectivity index (χ0) is 16.3. The number of nitrogens with zero attached hydrogens (tertiary/aromatic N) is 1. The molecule has 23 heavy (non-hydrogen) atoms. The van der Waals surface area contributed by atoms with Gasteiger partial charge in [0.25, 0.3) is 0 Å². The van der Waals surface area contributed by atoms with Gasteiger partial charge in [0.05, 0.1) is 0 Å². The van der Waals surface area contributed by atoms with E-state index in [-0.39, 0.29) is 19.4 Å². The summed E-state index contributed by atoms with van der Waals surface area (Å²) >= 11 is 0.636.